The van der Waals surface area contributed by atoms with E-state index >= 15 is 0 Å². The molecular formula is C17H20N2O3S. The molecule has 5 nitrogen and oxygen atoms in total. The summed E-state index contributed by atoms with van der Waals surface area (Å²) in [7, 11) is 0. The standard InChI is InChI=1S/C17H20N2O3S/c20-10-5-9-18-16(21)14(12-13-6-2-1-3-7-13)19-17(22)15-8-4-11-23-15/h1-4,6-8,11,14,20H,5,9-10,12H2,(H,18,21)(H,19,22). The van der Waals surface area contributed by atoms with Gasteiger partial charge in [-0.25, -0.2) is 0 Å². The largest absolute Gasteiger partial charge is 0.396 e. The second-order valence-corrected chi connectivity index (χ2v) is 6.01. The highest BCUT2D eigenvalue weighted by Gasteiger charge is 2.21. The van der Waals surface area contributed by atoms with Gasteiger partial charge < -0.3 is 15.7 Å². The quantitative estimate of drug-likeness (QED) is 0.642. The molecule has 2 rings (SSSR count). The predicted octanol–water partition coefficient (Wildman–Crippen LogP) is 1.59. The van der Waals surface area contributed by atoms with Gasteiger partial charge in [-0.2, -0.15) is 0 Å². The Labute approximate surface area is 139 Å². The Morgan fingerprint density at radius 1 is 1.13 bits per heavy atom. The van der Waals surface area contributed by atoms with Gasteiger partial charge >= 0.3 is 0 Å². The minimum absolute atomic E-state index is 0.0190. The molecule has 23 heavy (non-hydrogen) atoms. The fraction of sp³-hybridized carbons (Fsp3) is 0.294. The van der Waals surface area contributed by atoms with Crippen LogP contribution in [0.2, 0.25) is 0 Å². The molecule has 1 atom stereocenters. The third kappa shape index (κ3) is 5.50. The number of rotatable bonds is 8. The first kappa shape index (κ1) is 17.2. The number of amides is 2. The molecule has 1 aromatic carbocycles. The molecule has 2 aromatic rings. The smallest absolute Gasteiger partial charge is 0.262 e. The van der Waals surface area contributed by atoms with Crippen LogP contribution in [0.15, 0.2) is 47.8 Å². The Bertz CT molecular complexity index is 614. The lowest BCUT2D eigenvalue weighted by Gasteiger charge is -2.18. The molecule has 0 aliphatic heterocycles. The maximum absolute atomic E-state index is 12.3. The monoisotopic (exact) mass is 332 g/mol. The van der Waals surface area contributed by atoms with Crippen LogP contribution in [-0.2, 0) is 11.2 Å². The second kappa shape index (κ2) is 9.07. The molecule has 122 valence electrons. The number of benzene rings is 1. The van der Waals surface area contributed by atoms with Crippen LogP contribution in [0, 0.1) is 0 Å². The molecular weight excluding hydrogens is 312 g/mol. The number of aliphatic hydroxyl groups is 1. The average Bonchev–Trinajstić information content (AvgIpc) is 3.10. The molecule has 0 saturated carbocycles. The minimum atomic E-state index is -0.648. The summed E-state index contributed by atoms with van der Waals surface area (Å²) in [6.07, 6.45) is 0.908. The summed E-state index contributed by atoms with van der Waals surface area (Å²) in [5.74, 6) is -0.495. The first-order valence-corrected chi connectivity index (χ1v) is 8.35. The number of carbonyl (C=O) groups is 2. The Kier molecular flexibility index (Phi) is 6.77. The van der Waals surface area contributed by atoms with Crippen molar-refractivity contribution >= 4 is 23.2 Å². The zero-order valence-electron chi connectivity index (χ0n) is 12.7. The van der Waals surface area contributed by atoms with Crippen LogP contribution in [0.4, 0.5) is 0 Å². The van der Waals surface area contributed by atoms with Gasteiger partial charge in [0.2, 0.25) is 5.91 Å². The lowest BCUT2D eigenvalue weighted by Crippen LogP contribution is -2.48. The molecule has 0 saturated heterocycles. The van der Waals surface area contributed by atoms with Crippen LogP contribution in [0.25, 0.3) is 0 Å². The van der Waals surface area contributed by atoms with Gasteiger partial charge in [-0.1, -0.05) is 36.4 Å². The maximum atomic E-state index is 12.3. The molecule has 0 aliphatic rings. The summed E-state index contributed by atoms with van der Waals surface area (Å²) in [6, 6.07) is 12.4. The number of hydrogen-bond donors (Lipinski definition) is 3. The fourth-order valence-electron chi connectivity index (χ4n) is 2.11. The van der Waals surface area contributed by atoms with Gasteiger partial charge in [0.05, 0.1) is 4.88 Å². The zero-order chi connectivity index (χ0) is 16.5. The highest BCUT2D eigenvalue weighted by molar-refractivity contribution is 7.12. The molecule has 1 unspecified atom stereocenters. The van der Waals surface area contributed by atoms with Crippen molar-refractivity contribution in [2.45, 2.75) is 18.9 Å². The summed E-state index contributed by atoms with van der Waals surface area (Å²) in [6.45, 7) is 0.403. The van der Waals surface area contributed by atoms with Crippen molar-refractivity contribution < 1.29 is 14.7 Å². The van der Waals surface area contributed by atoms with Crippen molar-refractivity contribution in [1.82, 2.24) is 10.6 Å². The SMILES string of the molecule is O=C(NC(Cc1ccccc1)C(=O)NCCCO)c1cccs1. The number of nitrogens with one attached hydrogen (secondary N) is 2. The number of hydrogen-bond acceptors (Lipinski definition) is 4. The van der Waals surface area contributed by atoms with E-state index < -0.39 is 6.04 Å². The van der Waals surface area contributed by atoms with Gasteiger partial charge in [-0.05, 0) is 23.4 Å². The van der Waals surface area contributed by atoms with Crippen molar-refractivity contribution in [2.75, 3.05) is 13.2 Å². The zero-order valence-corrected chi connectivity index (χ0v) is 13.5. The number of carbonyl (C=O) groups excluding carboxylic acids is 2. The van der Waals surface area contributed by atoms with Crippen LogP contribution in [0.3, 0.4) is 0 Å². The van der Waals surface area contributed by atoms with Crippen molar-refractivity contribution in [3.8, 4) is 0 Å². The fourth-order valence-corrected chi connectivity index (χ4v) is 2.74. The van der Waals surface area contributed by atoms with Crippen LogP contribution in [0.1, 0.15) is 21.7 Å². The molecule has 0 bridgehead atoms. The van der Waals surface area contributed by atoms with Gasteiger partial charge in [0.25, 0.3) is 5.91 Å². The third-order valence-corrected chi connectivity index (χ3v) is 4.15. The van der Waals surface area contributed by atoms with E-state index in [2.05, 4.69) is 10.6 Å². The minimum Gasteiger partial charge on any atom is -0.396 e. The van der Waals surface area contributed by atoms with Crippen LogP contribution in [-0.4, -0.2) is 36.1 Å². The Balaban J connectivity index is 2.04. The lowest BCUT2D eigenvalue weighted by molar-refractivity contribution is -0.122. The highest BCUT2D eigenvalue weighted by Crippen LogP contribution is 2.10. The van der Waals surface area contributed by atoms with Crippen LogP contribution in [0.5, 0.6) is 0 Å². The molecule has 0 fully saturated rings. The lowest BCUT2D eigenvalue weighted by atomic mass is 10.1. The summed E-state index contributed by atoms with van der Waals surface area (Å²) in [4.78, 5) is 25.1. The van der Waals surface area contributed by atoms with E-state index in [0.717, 1.165) is 5.56 Å². The Hall–Kier alpha value is -2.18. The van der Waals surface area contributed by atoms with Gasteiger partial charge in [-0.15, -0.1) is 11.3 Å². The second-order valence-electron chi connectivity index (χ2n) is 5.06. The van der Waals surface area contributed by atoms with E-state index in [0.29, 0.717) is 24.3 Å². The van der Waals surface area contributed by atoms with E-state index in [1.54, 1.807) is 12.1 Å². The normalized spacial score (nSPS) is 11.7. The maximum Gasteiger partial charge on any atom is 0.262 e. The van der Waals surface area contributed by atoms with E-state index in [1.165, 1.54) is 11.3 Å². The van der Waals surface area contributed by atoms with Gasteiger partial charge in [0.15, 0.2) is 0 Å². The van der Waals surface area contributed by atoms with E-state index in [4.69, 9.17) is 5.11 Å². The summed E-state index contributed by atoms with van der Waals surface area (Å²) < 4.78 is 0. The first-order valence-electron chi connectivity index (χ1n) is 7.47. The van der Waals surface area contributed by atoms with Crippen molar-refractivity contribution in [3.63, 3.8) is 0 Å². The average molecular weight is 332 g/mol. The van der Waals surface area contributed by atoms with Gasteiger partial charge in [-0.3, -0.25) is 9.59 Å². The van der Waals surface area contributed by atoms with Crippen molar-refractivity contribution in [1.29, 1.82) is 0 Å². The summed E-state index contributed by atoms with van der Waals surface area (Å²) in [5.41, 5.74) is 0.973. The topological polar surface area (TPSA) is 78.4 Å². The highest BCUT2D eigenvalue weighted by atomic mass is 32.1. The van der Waals surface area contributed by atoms with E-state index in [9.17, 15) is 9.59 Å². The Morgan fingerprint density at radius 2 is 1.91 bits per heavy atom. The van der Waals surface area contributed by atoms with Gasteiger partial charge in [0.1, 0.15) is 6.04 Å². The third-order valence-electron chi connectivity index (χ3n) is 3.28. The summed E-state index contributed by atoms with van der Waals surface area (Å²) in [5, 5.41) is 16.2. The first-order chi connectivity index (χ1) is 11.2. The summed E-state index contributed by atoms with van der Waals surface area (Å²) >= 11 is 1.34. The van der Waals surface area contributed by atoms with Crippen LogP contribution < -0.4 is 10.6 Å². The molecule has 2 amide bonds. The molecule has 0 aliphatic carbocycles. The number of thiophene rings is 1. The predicted molar refractivity (Wildman–Crippen MR) is 90.4 cm³/mol. The van der Waals surface area contributed by atoms with Crippen molar-refractivity contribution in [3.05, 3.63) is 58.3 Å². The van der Waals surface area contributed by atoms with Crippen molar-refractivity contribution in [2.24, 2.45) is 0 Å². The Morgan fingerprint density at radius 3 is 2.57 bits per heavy atom. The molecule has 1 heterocycles. The van der Waals surface area contributed by atoms with E-state index in [-0.39, 0.29) is 18.4 Å². The molecule has 6 heteroatoms. The molecule has 0 radical (unpaired) electrons. The van der Waals surface area contributed by atoms with Gasteiger partial charge in [0, 0.05) is 19.6 Å². The van der Waals surface area contributed by atoms with Crippen LogP contribution >= 0.6 is 11.3 Å². The molecule has 0 spiro atoms. The number of aliphatic hydroxyl groups excluding tert-OH is 1. The molecule has 1 aromatic heterocycles. The molecule has 3 N–H and O–H groups in total. The van der Waals surface area contributed by atoms with E-state index in [1.807, 2.05) is 35.7 Å².